The van der Waals surface area contributed by atoms with Gasteiger partial charge in [-0.3, -0.25) is 0 Å². The van der Waals surface area contributed by atoms with Gasteiger partial charge in [0.15, 0.2) is 0 Å². The quantitative estimate of drug-likeness (QED) is 0.767. The molecule has 1 fully saturated rings. The summed E-state index contributed by atoms with van der Waals surface area (Å²) in [5, 5.41) is 1.11. The highest BCUT2D eigenvalue weighted by Gasteiger charge is 2.21. The van der Waals surface area contributed by atoms with Crippen molar-refractivity contribution in [3.05, 3.63) is 23.9 Å². The fourth-order valence-corrected chi connectivity index (χ4v) is 3.33. The molecule has 0 saturated carbocycles. The van der Waals surface area contributed by atoms with Gasteiger partial charge in [-0.25, -0.2) is 4.98 Å². The van der Waals surface area contributed by atoms with Gasteiger partial charge in [0.1, 0.15) is 5.82 Å². The maximum absolute atomic E-state index is 4.68. The van der Waals surface area contributed by atoms with E-state index in [9.17, 15) is 0 Å². The lowest BCUT2D eigenvalue weighted by Crippen LogP contribution is -2.36. The number of nitrogens with zero attached hydrogens (tertiary/aromatic N) is 2. The summed E-state index contributed by atoms with van der Waals surface area (Å²) in [5.74, 6) is 1.96. The molecule has 19 heavy (non-hydrogen) atoms. The van der Waals surface area contributed by atoms with E-state index in [-0.39, 0.29) is 5.41 Å². The Morgan fingerprint density at radius 3 is 2.74 bits per heavy atom. The van der Waals surface area contributed by atoms with Gasteiger partial charge in [0, 0.05) is 24.6 Å². The van der Waals surface area contributed by atoms with Gasteiger partial charge in [-0.05, 0) is 42.2 Å². The molecule has 2 nitrogen and oxygen atoms in total. The summed E-state index contributed by atoms with van der Waals surface area (Å²) in [5.41, 5.74) is 1.50. The Labute approximate surface area is 125 Å². The molecule has 1 unspecified atom stereocenters. The van der Waals surface area contributed by atoms with Crippen LogP contribution in [0, 0.1) is 5.92 Å². The summed E-state index contributed by atoms with van der Waals surface area (Å²) >= 11 is 3.56. The molecular weight excluding hydrogens is 300 g/mol. The van der Waals surface area contributed by atoms with E-state index >= 15 is 0 Å². The molecule has 0 aromatic carbocycles. The van der Waals surface area contributed by atoms with Crippen molar-refractivity contribution in [2.24, 2.45) is 5.92 Å². The van der Waals surface area contributed by atoms with Crippen LogP contribution < -0.4 is 4.90 Å². The predicted molar refractivity (Wildman–Crippen MR) is 86.3 cm³/mol. The molecule has 0 amide bonds. The molecule has 0 N–H and O–H groups in total. The number of pyridine rings is 1. The van der Waals surface area contributed by atoms with Crippen molar-refractivity contribution in [2.75, 3.05) is 23.3 Å². The molecule has 1 aromatic rings. The number of alkyl halides is 1. The lowest BCUT2D eigenvalue weighted by molar-refractivity contribution is 0.406. The molecule has 2 heterocycles. The van der Waals surface area contributed by atoms with E-state index in [1.807, 2.05) is 6.20 Å². The van der Waals surface area contributed by atoms with E-state index in [4.69, 9.17) is 0 Å². The van der Waals surface area contributed by atoms with Crippen LogP contribution in [0.1, 0.15) is 45.6 Å². The van der Waals surface area contributed by atoms with E-state index in [0.29, 0.717) is 0 Å². The minimum absolute atomic E-state index is 0.186. The molecule has 0 spiro atoms. The number of aromatic nitrogens is 1. The van der Waals surface area contributed by atoms with Crippen LogP contribution in [-0.4, -0.2) is 23.4 Å². The number of rotatable bonds is 3. The lowest BCUT2D eigenvalue weighted by atomic mass is 9.88. The summed E-state index contributed by atoms with van der Waals surface area (Å²) in [6.45, 7) is 9.01. The zero-order valence-corrected chi connectivity index (χ0v) is 13.9. The average molecular weight is 325 g/mol. The topological polar surface area (TPSA) is 16.1 Å². The highest BCUT2D eigenvalue weighted by molar-refractivity contribution is 9.09. The largest absolute Gasteiger partial charge is 0.356 e. The monoisotopic (exact) mass is 324 g/mol. The summed E-state index contributed by atoms with van der Waals surface area (Å²) in [4.78, 5) is 7.13. The Kier molecular flexibility index (Phi) is 4.88. The molecular formula is C16H25BrN2. The van der Waals surface area contributed by atoms with Gasteiger partial charge in [-0.15, -0.1) is 0 Å². The van der Waals surface area contributed by atoms with Gasteiger partial charge in [0.25, 0.3) is 0 Å². The highest BCUT2D eigenvalue weighted by Crippen LogP contribution is 2.26. The van der Waals surface area contributed by atoms with Crippen molar-refractivity contribution in [1.82, 2.24) is 4.98 Å². The predicted octanol–water partition coefficient (Wildman–Crippen LogP) is 4.38. The van der Waals surface area contributed by atoms with Crippen molar-refractivity contribution >= 4 is 21.7 Å². The van der Waals surface area contributed by atoms with E-state index in [0.717, 1.165) is 30.2 Å². The second-order valence-corrected chi connectivity index (χ2v) is 7.38. The zero-order chi connectivity index (χ0) is 13.9. The Balaban J connectivity index is 2.05. The number of piperidine rings is 1. The molecule has 0 aliphatic carbocycles. The maximum atomic E-state index is 4.68. The fourth-order valence-electron chi connectivity index (χ4n) is 2.68. The van der Waals surface area contributed by atoms with E-state index in [2.05, 4.69) is 58.7 Å². The third-order valence-electron chi connectivity index (χ3n) is 3.97. The molecule has 0 bridgehead atoms. The third-order valence-corrected chi connectivity index (χ3v) is 4.43. The molecule has 1 aromatic heterocycles. The van der Waals surface area contributed by atoms with E-state index < -0.39 is 0 Å². The summed E-state index contributed by atoms with van der Waals surface area (Å²) < 4.78 is 0. The van der Waals surface area contributed by atoms with E-state index in [1.54, 1.807) is 0 Å². The van der Waals surface area contributed by atoms with Gasteiger partial charge >= 0.3 is 0 Å². The zero-order valence-electron chi connectivity index (χ0n) is 12.3. The minimum atomic E-state index is 0.186. The smallest absolute Gasteiger partial charge is 0.128 e. The summed E-state index contributed by atoms with van der Waals surface area (Å²) in [6.07, 6.45) is 5.97. The maximum Gasteiger partial charge on any atom is 0.128 e. The standard InChI is InChI=1S/C16H25BrN2/c1-16(2,3)14-6-7-15(18-11-14)19-10-4-5-13(12-19)8-9-17/h6-7,11,13H,4-5,8-10,12H2,1-3H3. The summed E-state index contributed by atoms with van der Waals surface area (Å²) in [7, 11) is 0. The average Bonchev–Trinajstić information content (AvgIpc) is 2.39. The molecule has 0 radical (unpaired) electrons. The molecule has 1 aliphatic rings. The van der Waals surface area contributed by atoms with Crippen LogP contribution in [0.5, 0.6) is 0 Å². The van der Waals surface area contributed by atoms with Crippen molar-refractivity contribution in [1.29, 1.82) is 0 Å². The highest BCUT2D eigenvalue weighted by atomic mass is 79.9. The Bertz CT molecular complexity index is 392. The van der Waals surface area contributed by atoms with Crippen LogP contribution in [0.15, 0.2) is 18.3 Å². The van der Waals surface area contributed by atoms with Crippen LogP contribution >= 0.6 is 15.9 Å². The van der Waals surface area contributed by atoms with Crippen LogP contribution in [0.3, 0.4) is 0 Å². The Hall–Kier alpha value is -0.570. The normalized spacial score (nSPS) is 20.6. The molecule has 3 heteroatoms. The summed E-state index contributed by atoms with van der Waals surface area (Å²) in [6, 6.07) is 4.42. The van der Waals surface area contributed by atoms with E-state index in [1.165, 1.54) is 24.8 Å². The van der Waals surface area contributed by atoms with Crippen LogP contribution in [0.2, 0.25) is 0 Å². The third kappa shape index (κ3) is 3.95. The lowest BCUT2D eigenvalue weighted by Gasteiger charge is -2.33. The second kappa shape index (κ2) is 6.25. The van der Waals surface area contributed by atoms with Crippen molar-refractivity contribution < 1.29 is 0 Å². The molecule has 1 atom stereocenters. The second-order valence-electron chi connectivity index (χ2n) is 6.59. The van der Waals surface area contributed by atoms with Gasteiger partial charge in [0.2, 0.25) is 0 Å². The van der Waals surface area contributed by atoms with Gasteiger partial charge in [-0.2, -0.15) is 0 Å². The SMILES string of the molecule is CC(C)(C)c1ccc(N2CCCC(CCBr)C2)nc1. The fraction of sp³-hybridized carbons (Fsp3) is 0.688. The minimum Gasteiger partial charge on any atom is -0.356 e. The Morgan fingerprint density at radius 2 is 2.16 bits per heavy atom. The van der Waals surface area contributed by atoms with Crippen molar-refractivity contribution in [3.8, 4) is 0 Å². The number of anilines is 1. The first-order valence-electron chi connectivity index (χ1n) is 7.28. The Morgan fingerprint density at radius 1 is 1.37 bits per heavy atom. The van der Waals surface area contributed by atoms with Crippen LogP contribution in [0.25, 0.3) is 0 Å². The van der Waals surface area contributed by atoms with Crippen LogP contribution in [-0.2, 0) is 5.41 Å². The number of hydrogen-bond acceptors (Lipinski definition) is 2. The number of hydrogen-bond donors (Lipinski definition) is 0. The first kappa shape index (κ1) is 14.8. The van der Waals surface area contributed by atoms with Crippen LogP contribution in [0.4, 0.5) is 5.82 Å². The van der Waals surface area contributed by atoms with Crippen molar-refractivity contribution in [3.63, 3.8) is 0 Å². The van der Waals surface area contributed by atoms with Gasteiger partial charge in [-0.1, -0.05) is 42.8 Å². The van der Waals surface area contributed by atoms with Gasteiger partial charge in [0.05, 0.1) is 0 Å². The molecule has 2 rings (SSSR count). The van der Waals surface area contributed by atoms with Crippen molar-refractivity contribution in [2.45, 2.75) is 45.4 Å². The molecule has 1 saturated heterocycles. The molecule has 1 aliphatic heterocycles. The first-order valence-corrected chi connectivity index (χ1v) is 8.40. The molecule has 106 valence electrons. The number of halogens is 1. The first-order chi connectivity index (χ1) is 9.00. The van der Waals surface area contributed by atoms with Gasteiger partial charge < -0.3 is 4.90 Å².